The van der Waals surface area contributed by atoms with Gasteiger partial charge in [-0.25, -0.2) is 4.98 Å². The number of anilines is 1. The van der Waals surface area contributed by atoms with Crippen LogP contribution in [0.1, 0.15) is 10.5 Å². The van der Waals surface area contributed by atoms with Crippen molar-refractivity contribution in [2.24, 2.45) is 0 Å². The van der Waals surface area contributed by atoms with Crippen molar-refractivity contribution in [1.29, 1.82) is 0 Å². The van der Waals surface area contributed by atoms with Crippen LogP contribution in [0.3, 0.4) is 0 Å². The molecule has 0 aliphatic carbocycles. The molecule has 2 heterocycles. The summed E-state index contributed by atoms with van der Waals surface area (Å²) in [6, 6.07) is 8.21. The topological polar surface area (TPSA) is 102 Å². The molecule has 2 aromatic heterocycles. The minimum absolute atomic E-state index is 0.0208. The third-order valence-corrected chi connectivity index (χ3v) is 3.92. The number of rotatable bonds is 5. The van der Waals surface area contributed by atoms with E-state index < -0.39 is 5.91 Å². The Morgan fingerprint density at radius 2 is 1.92 bits per heavy atom. The monoisotopic (exact) mass is 393 g/mol. The lowest BCUT2D eigenvalue weighted by Crippen LogP contribution is -2.15. The van der Waals surface area contributed by atoms with Gasteiger partial charge in [-0.1, -0.05) is 23.2 Å². The van der Waals surface area contributed by atoms with E-state index in [0.717, 1.165) is 0 Å². The van der Waals surface area contributed by atoms with Crippen molar-refractivity contribution < 1.29 is 14.3 Å². The van der Waals surface area contributed by atoms with Gasteiger partial charge >= 0.3 is 0 Å². The highest BCUT2D eigenvalue weighted by atomic mass is 35.5. The maximum Gasteiger partial charge on any atom is 0.278 e. The van der Waals surface area contributed by atoms with E-state index in [0.29, 0.717) is 22.9 Å². The number of aromatic nitrogens is 4. The lowest BCUT2D eigenvalue weighted by molar-refractivity contribution is 0.102. The zero-order chi connectivity index (χ0) is 18.7. The third kappa shape index (κ3) is 3.71. The number of hydrogen-bond acceptors (Lipinski definition) is 6. The highest BCUT2D eigenvalue weighted by Gasteiger charge is 2.17. The molecule has 0 aliphatic heterocycles. The summed E-state index contributed by atoms with van der Waals surface area (Å²) >= 11 is 11.8. The fourth-order valence-electron chi connectivity index (χ4n) is 2.17. The number of nitrogens with zero attached hydrogens (tertiary/aromatic N) is 3. The molecule has 3 aromatic rings. The number of H-pyrrole nitrogens is 1. The molecule has 10 heteroatoms. The molecule has 0 unspecified atom stereocenters. The average Bonchev–Trinajstić information content (AvgIpc) is 3.11. The van der Waals surface area contributed by atoms with Crippen LogP contribution in [0.4, 0.5) is 5.95 Å². The van der Waals surface area contributed by atoms with Gasteiger partial charge in [0.1, 0.15) is 22.3 Å². The highest BCUT2D eigenvalue weighted by Crippen LogP contribution is 2.31. The van der Waals surface area contributed by atoms with Crippen molar-refractivity contribution in [3.05, 3.63) is 46.2 Å². The molecule has 134 valence electrons. The van der Waals surface area contributed by atoms with Gasteiger partial charge in [-0.2, -0.15) is 4.98 Å². The molecule has 26 heavy (non-hydrogen) atoms. The van der Waals surface area contributed by atoms with E-state index in [-0.39, 0.29) is 21.8 Å². The smallest absolute Gasteiger partial charge is 0.278 e. The first-order valence-corrected chi connectivity index (χ1v) is 8.05. The van der Waals surface area contributed by atoms with Crippen LogP contribution in [0.15, 0.2) is 30.3 Å². The molecule has 3 rings (SSSR count). The minimum atomic E-state index is -0.579. The van der Waals surface area contributed by atoms with Crippen LogP contribution in [-0.4, -0.2) is 40.3 Å². The molecule has 0 aliphatic rings. The van der Waals surface area contributed by atoms with Gasteiger partial charge in [0, 0.05) is 6.07 Å². The quantitative estimate of drug-likeness (QED) is 0.643. The Bertz CT molecular complexity index is 961. The van der Waals surface area contributed by atoms with E-state index >= 15 is 0 Å². The minimum Gasteiger partial charge on any atom is -0.497 e. The van der Waals surface area contributed by atoms with Gasteiger partial charge in [-0.15, -0.1) is 5.10 Å². The number of benzene rings is 1. The Morgan fingerprint density at radius 3 is 2.65 bits per heavy atom. The number of pyridine rings is 1. The van der Waals surface area contributed by atoms with E-state index in [4.69, 9.17) is 32.7 Å². The van der Waals surface area contributed by atoms with Gasteiger partial charge in [0.15, 0.2) is 5.82 Å². The molecule has 0 bridgehead atoms. The summed E-state index contributed by atoms with van der Waals surface area (Å²) in [4.78, 5) is 20.4. The molecule has 0 spiro atoms. The molecule has 0 atom stereocenters. The lowest BCUT2D eigenvalue weighted by Gasteiger charge is -2.07. The summed E-state index contributed by atoms with van der Waals surface area (Å²) in [6.07, 6.45) is 0. The molecular formula is C16H13Cl2N5O3. The van der Waals surface area contributed by atoms with E-state index in [1.165, 1.54) is 19.2 Å². The summed E-state index contributed by atoms with van der Waals surface area (Å²) in [5.74, 6) is 1.06. The van der Waals surface area contributed by atoms with Gasteiger partial charge in [0.05, 0.1) is 24.8 Å². The second-order valence-electron chi connectivity index (χ2n) is 4.99. The molecule has 1 amide bonds. The third-order valence-electron chi connectivity index (χ3n) is 3.40. The number of aromatic amines is 1. The van der Waals surface area contributed by atoms with Gasteiger partial charge in [0.2, 0.25) is 5.95 Å². The van der Waals surface area contributed by atoms with Gasteiger partial charge in [-0.3, -0.25) is 15.2 Å². The Labute approximate surface area is 158 Å². The summed E-state index contributed by atoms with van der Waals surface area (Å²) in [6.45, 7) is 0. The van der Waals surface area contributed by atoms with Gasteiger partial charge in [-0.05, 0) is 24.3 Å². The second kappa shape index (κ2) is 7.59. The zero-order valence-electron chi connectivity index (χ0n) is 13.7. The molecule has 1 aromatic carbocycles. The first kappa shape index (κ1) is 18.0. The largest absolute Gasteiger partial charge is 0.497 e. The van der Waals surface area contributed by atoms with Crippen molar-refractivity contribution >= 4 is 35.1 Å². The summed E-state index contributed by atoms with van der Waals surface area (Å²) in [5, 5.41) is 9.54. The van der Waals surface area contributed by atoms with Crippen molar-refractivity contribution in [1.82, 2.24) is 20.2 Å². The molecule has 0 saturated carbocycles. The standard InChI is InChI=1S/C16H13Cl2N5O3/c1-25-8-3-4-9(11(7-8)26-2)14-20-16(23-22-14)21-15(24)13-10(17)5-6-12(18)19-13/h3-7H,1-2H3,(H2,20,21,22,23,24). The Morgan fingerprint density at radius 1 is 1.12 bits per heavy atom. The molecule has 2 N–H and O–H groups in total. The Balaban J connectivity index is 1.84. The van der Waals surface area contributed by atoms with E-state index in [2.05, 4.69) is 25.5 Å². The highest BCUT2D eigenvalue weighted by molar-refractivity contribution is 6.35. The van der Waals surface area contributed by atoms with Crippen LogP contribution in [0.2, 0.25) is 10.2 Å². The van der Waals surface area contributed by atoms with E-state index in [9.17, 15) is 4.79 Å². The van der Waals surface area contributed by atoms with Crippen LogP contribution in [0, 0.1) is 0 Å². The zero-order valence-corrected chi connectivity index (χ0v) is 15.2. The number of nitrogens with one attached hydrogen (secondary N) is 2. The number of carbonyl (C=O) groups is 1. The van der Waals surface area contributed by atoms with Crippen LogP contribution in [-0.2, 0) is 0 Å². The maximum atomic E-state index is 12.3. The Hall–Kier alpha value is -2.84. The number of carbonyl (C=O) groups excluding carboxylic acids is 1. The number of amides is 1. The van der Waals surface area contributed by atoms with Crippen LogP contribution < -0.4 is 14.8 Å². The van der Waals surface area contributed by atoms with Crippen molar-refractivity contribution in [3.63, 3.8) is 0 Å². The fraction of sp³-hybridized carbons (Fsp3) is 0.125. The fourth-order valence-corrected chi connectivity index (χ4v) is 2.51. The molecule has 0 saturated heterocycles. The van der Waals surface area contributed by atoms with E-state index in [1.54, 1.807) is 25.3 Å². The van der Waals surface area contributed by atoms with Crippen LogP contribution in [0.5, 0.6) is 11.5 Å². The molecular weight excluding hydrogens is 381 g/mol. The predicted octanol–water partition coefficient (Wildman–Crippen LogP) is 3.44. The van der Waals surface area contributed by atoms with Crippen molar-refractivity contribution in [3.8, 4) is 22.9 Å². The van der Waals surface area contributed by atoms with Crippen LogP contribution in [0.25, 0.3) is 11.4 Å². The van der Waals surface area contributed by atoms with Gasteiger partial charge in [0.25, 0.3) is 5.91 Å². The summed E-state index contributed by atoms with van der Waals surface area (Å²) < 4.78 is 10.5. The van der Waals surface area contributed by atoms with Crippen LogP contribution >= 0.6 is 23.2 Å². The first-order chi connectivity index (χ1) is 12.5. The SMILES string of the molecule is COc1ccc(-c2nc(NC(=O)c3nc(Cl)ccc3Cl)n[nH]2)c(OC)c1. The van der Waals surface area contributed by atoms with E-state index in [1.807, 2.05) is 0 Å². The summed E-state index contributed by atoms with van der Waals surface area (Å²) in [7, 11) is 3.09. The number of methoxy groups -OCH3 is 2. The Kier molecular flexibility index (Phi) is 5.24. The number of ether oxygens (including phenoxy) is 2. The lowest BCUT2D eigenvalue weighted by atomic mass is 10.2. The molecule has 8 nitrogen and oxygen atoms in total. The van der Waals surface area contributed by atoms with Gasteiger partial charge < -0.3 is 9.47 Å². The number of hydrogen-bond donors (Lipinski definition) is 2. The first-order valence-electron chi connectivity index (χ1n) is 7.30. The summed E-state index contributed by atoms with van der Waals surface area (Å²) in [5.41, 5.74) is 0.632. The second-order valence-corrected chi connectivity index (χ2v) is 5.79. The average molecular weight is 394 g/mol. The number of halogens is 2. The van der Waals surface area contributed by atoms with Crippen molar-refractivity contribution in [2.75, 3.05) is 19.5 Å². The normalized spacial score (nSPS) is 10.5. The molecule has 0 fully saturated rings. The molecule has 0 radical (unpaired) electrons. The van der Waals surface area contributed by atoms with Crippen molar-refractivity contribution in [2.45, 2.75) is 0 Å². The maximum absolute atomic E-state index is 12.3. The predicted molar refractivity (Wildman–Crippen MR) is 97.1 cm³/mol.